The number of benzene rings is 1. The topological polar surface area (TPSA) is 37.3 Å². The molecule has 0 aliphatic rings. The van der Waals surface area contributed by atoms with Crippen LogP contribution >= 0.6 is 39.1 Å². The number of hydrogen-bond donors (Lipinski definition) is 1. The maximum absolute atomic E-state index is 12.5. The van der Waals surface area contributed by atoms with Gasteiger partial charge in [-0.2, -0.15) is 13.2 Å². The van der Waals surface area contributed by atoms with Gasteiger partial charge in [0.05, 0.1) is 21.2 Å². The van der Waals surface area contributed by atoms with Crippen LogP contribution in [0.2, 0.25) is 10.0 Å². The summed E-state index contributed by atoms with van der Waals surface area (Å²) in [7, 11) is 0. The largest absolute Gasteiger partial charge is 0.478 e. The first-order chi connectivity index (χ1) is 7.16. The lowest BCUT2D eigenvalue weighted by Gasteiger charge is -2.13. The molecule has 1 rings (SSSR count). The van der Waals surface area contributed by atoms with E-state index in [1.807, 2.05) is 0 Å². The van der Waals surface area contributed by atoms with E-state index in [0.717, 1.165) is 0 Å². The van der Waals surface area contributed by atoms with Crippen molar-refractivity contribution >= 4 is 45.1 Å². The third kappa shape index (κ3) is 2.44. The smallest absolute Gasteiger partial charge is 0.417 e. The van der Waals surface area contributed by atoms with Crippen molar-refractivity contribution in [1.82, 2.24) is 0 Å². The van der Waals surface area contributed by atoms with Gasteiger partial charge in [0.15, 0.2) is 0 Å². The summed E-state index contributed by atoms with van der Waals surface area (Å²) in [5.74, 6) is -1.62. The molecular weight excluding hydrogens is 336 g/mol. The van der Waals surface area contributed by atoms with Gasteiger partial charge in [-0.25, -0.2) is 4.79 Å². The minimum Gasteiger partial charge on any atom is -0.478 e. The van der Waals surface area contributed by atoms with Gasteiger partial charge in [0.25, 0.3) is 0 Å². The molecule has 2 nitrogen and oxygen atoms in total. The minimum absolute atomic E-state index is 0.178. The highest BCUT2D eigenvalue weighted by atomic mass is 79.9. The van der Waals surface area contributed by atoms with Crippen LogP contribution in [-0.2, 0) is 6.18 Å². The number of carboxylic acid groups (broad SMARTS) is 1. The first-order valence-electron chi connectivity index (χ1n) is 3.64. The zero-order valence-electron chi connectivity index (χ0n) is 7.20. The number of carbonyl (C=O) groups is 1. The van der Waals surface area contributed by atoms with Gasteiger partial charge in [-0.15, -0.1) is 0 Å². The first kappa shape index (κ1) is 13.6. The maximum atomic E-state index is 12.5. The number of aromatic carboxylic acids is 1. The van der Waals surface area contributed by atoms with Crippen LogP contribution in [0.4, 0.5) is 13.2 Å². The quantitative estimate of drug-likeness (QED) is 0.767. The molecule has 0 aliphatic heterocycles. The van der Waals surface area contributed by atoms with Gasteiger partial charge in [-0.05, 0) is 22.0 Å². The Labute approximate surface area is 106 Å². The molecular formula is C8H2BrCl2F3O2. The monoisotopic (exact) mass is 336 g/mol. The van der Waals surface area contributed by atoms with Gasteiger partial charge in [-0.3, -0.25) is 0 Å². The SMILES string of the molecule is O=C(O)c1c(Cl)c(Br)cc(C(F)(F)F)c1Cl. The highest BCUT2D eigenvalue weighted by molar-refractivity contribution is 9.10. The normalized spacial score (nSPS) is 11.6. The predicted molar refractivity (Wildman–Crippen MR) is 56.1 cm³/mol. The Morgan fingerprint density at radius 2 is 1.81 bits per heavy atom. The van der Waals surface area contributed by atoms with Crippen molar-refractivity contribution in [2.24, 2.45) is 0 Å². The maximum Gasteiger partial charge on any atom is 0.417 e. The second-order valence-corrected chi connectivity index (χ2v) is 4.32. The van der Waals surface area contributed by atoms with Crippen LogP contribution < -0.4 is 0 Å². The summed E-state index contributed by atoms with van der Waals surface area (Å²) in [6.45, 7) is 0. The second kappa shape index (κ2) is 4.43. The van der Waals surface area contributed by atoms with Gasteiger partial charge in [-0.1, -0.05) is 23.2 Å². The summed E-state index contributed by atoms with van der Waals surface area (Å²) in [6, 6.07) is 0.636. The van der Waals surface area contributed by atoms with Gasteiger partial charge in [0.1, 0.15) is 0 Å². The molecule has 0 saturated carbocycles. The van der Waals surface area contributed by atoms with Crippen LogP contribution in [0.1, 0.15) is 15.9 Å². The van der Waals surface area contributed by atoms with E-state index in [-0.39, 0.29) is 9.50 Å². The van der Waals surface area contributed by atoms with Crippen molar-refractivity contribution in [3.05, 3.63) is 31.7 Å². The van der Waals surface area contributed by atoms with Gasteiger partial charge >= 0.3 is 12.1 Å². The van der Waals surface area contributed by atoms with Crippen molar-refractivity contribution in [2.75, 3.05) is 0 Å². The van der Waals surface area contributed by atoms with Crippen LogP contribution in [0.15, 0.2) is 10.5 Å². The van der Waals surface area contributed by atoms with Crippen LogP contribution in [0.3, 0.4) is 0 Å². The Balaban J connectivity index is 3.64. The lowest BCUT2D eigenvalue weighted by molar-refractivity contribution is -0.137. The van der Waals surface area contributed by atoms with E-state index in [0.29, 0.717) is 6.07 Å². The molecule has 8 heteroatoms. The molecule has 0 unspecified atom stereocenters. The Bertz CT molecular complexity index is 460. The van der Waals surface area contributed by atoms with E-state index in [1.165, 1.54) is 0 Å². The fourth-order valence-electron chi connectivity index (χ4n) is 0.998. The Hall–Kier alpha value is -0.460. The van der Waals surface area contributed by atoms with Crippen molar-refractivity contribution < 1.29 is 23.1 Å². The zero-order chi connectivity index (χ0) is 12.7. The molecule has 0 fully saturated rings. The second-order valence-electron chi connectivity index (χ2n) is 2.71. The summed E-state index contributed by atoms with van der Waals surface area (Å²) < 4.78 is 37.2. The Kier molecular flexibility index (Phi) is 3.76. The summed E-state index contributed by atoms with van der Waals surface area (Å²) in [6.07, 6.45) is -4.74. The van der Waals surface area contributed by atoms with Crippen molar-refractivity contribution in [1.29, 1.82) is 0 Å². The third-order valence-corrected chi connectivity index (χ3v) is 3.31. The molecule has 1 aromatic rings. The molecule has 0 aromatic heterocycles. The highest BCUT2D eigenvalue weighted by Crippen LogP contribution is 2.42. The van der Waals surface area contributed by atoms with Crippen molar-refractivity contribution in [3.63, 3.8) is 0 Å². The third-order valence-electron chi connectivity index (χ3n) is 1.68. The average Bonchev–Trinajstić information content (AvgIpc) is 2.09. The molecule has 0 saturated heterocycles. The van der Waals surface area contributed by atoms with Crippen LogP contribution in [0.5, 0.6) is 0 Å². The van der Waals surface area contributed by atoms with Crippen molar-refractivity contribution in [3.8, 4) is 0 Å². The molecule has 0 bridgehead atoms. The molecule has 0 radical (unpaired) electrons. The molecule has 1 N–H and O–H groups in total. The molecule has 16 heavy (non-hydrogen) atoms. The molecule has 0 heterocycles. The van der Waals surface area contributed by atoms with E-state index in [1.54, 1.807) is 0 Å². The van der Waals surface area contributed by atoms with E-state index >= 15 is 0 Å². The van der Waals surface area contributed by atoms with E-state index < -0.39 is 28.3 Å². The molecule has 1 aromatic carbocycles. The van der Waals surface area contributed by atoms with Gasteiger partial charge < -0.3 is 5.11 Å². The number of hydrogen-bond acceptors (Lipinski definition) is 1. The standard InChI is InChI=1S/C8H2BrCl2F3O2/c9-3-1-2(8(12,13)14)5(10)4(6(3)11)7(15)16/h1H,(H,15,16). The summed E-state index contributed by atoms with van der Waals surface area (Å²) in [5.41, 5.74) is -2.02. The number of alkyl halides is 3. The molecule has 0 atom stereocenters. The number of halogens is 6. The number of carboxylic acids is 1. The van der Waals surface area contributed by atoms with Crippen molar-refractivity contribution in [2.45, 2.75) is 6.18 Å². The summed E-state index contributed by atoms with van der Waals surface area (Å²) in [4.78, 5) is 10.7. The summed E-state index contributed by atoms with van der Waals surface area (Å²) >= 11 is 13.6. The molecule has 0 spiro atoms. The average molecular weight is 338 g/mol. The Morgan fingerprint density at radius 3 is 2.19 bits per heavy atom. The van der Waals surface area contributed by atoms with Gasteiger partial charge in [0, 0.05) is 4.47 Å². The number of rotatable bonds is 1. The fraction of sp³-hybridized carbons (Fsp3) is 0.125. The van der Waals surface area contributed by atoms with Gasteiger partial charge in [0.2, 0.25) is 0 Å². The predicted octanol–water partition coefficient (Wildman–Crippen LogP) is 4.47. The van der Waals surface area contributed by atoms with Crippen LogP contribution in [-0.4, -0.2) is 11.1 Å². The highest BCUT2D eigenvalue weighted by Gasteiger charge is 2.36. The lowest BCUT2D eigenvalue weighted by Crippen LogP contribution is -2.10. The summed E-state index contributed by atoms with van der Waals surface area (Å²) in [5, 5.41) is 7.41. The lowest BCUT2D eigenvalue weighted by atomic mass is 10.1. The Morgan fingerprint density at radius 1 is 1.31 bits per heavy atom. The molecule has 0 aliphatic carbocycles. The zero-order valence-corrected chi connectivity index (χ0v) is 10.3. The van der Waals surface area contributed by atoms with E-state index in [4.69, 9.17) is 28.3 Å². The van der Waals surface area contributed by atoms with E-state index in [9.17, 15) is 18.0 Å². The molecule has 0 amide bonds. The van der Waals surface area contributed by atoms with Crippen LogP contribution in [0.25, 0.3) is 0 Å². The minimum atomic E-state index is -4.74. The first-order valence-corrected chi connectivity index (χ1v) is 5.19. The van der Waals surface area contributed by atoms with Crippen LogP contribution in [0, 0.1) is 0 Å². The fourth-order valence-corrected chi connectivity index (χ4v) is 2.04. The molecule has 88 valence electrons. The van der Waals surface area contributed by atoms with E-state index in [2.05, 4.69) is 15.9 Å².